The second-order valence-electron chi connectivity index (χ2n) is 6.51. The molecule has 0 bridgehead atoms. The molecule has 0 saturated heterocycles. The van der Waals surface area contributed by atoms with Gasteiger partial charge in [-0.25, -0.2) is 14.8 Å². The number of aromatic amines is 1. The molecule has 3 aromatic heterocycles. The molecule has 0 aliphatic carbocycles. The van der Waals surface area contributed by atoms with Crippen LogP contribution in [-0.4, -0.2) is 39.8 Å². The Morgan fingerprint density at radius 3 is 2.90 bits per heavy atom. The van der Waals surface area contributed by atoms with E-state index in [0.29, 0.717) is 30.8 Å². The van der Waals surface area contributed by atoms with Crippen molar-refractivity contribution >= 4 is 11.7 Å². The van der Waals surface area contributed by atoms with E-state index in [9.17, 15) is 4.79 Å². The molecule has 154 valence electrons. The van der Waals surface area contributed by atoms with Gasteiger partial charge in [0.2, 0.25) is 0 Å². The number of benzene rings is 1. The van der Waals surface area contributed by atoms with Crippen LogP contribution in [0.4, 0.5) is 11.7 Å². The molecular weight excluding hydrogens is 386 g/mol. The second-order valence-corrected chi connectivity index (χ2v) is 6.51. The normalized spacial score (nSPS) is 10.9. The van der Waals surface area contributed by atoms with Crippen LogP contribution in [0.2, 0.25) is 0 Å². The first-order valence-electron chi connectivity index (χ1n) is 9.32. The molecule has 30 heavy (non-hydrogen) atoms. The monoisotopic (exact) mass is 407 g/mol. The third-order valence-electron chi connectivity index (χ3n) is 4.44. The number of aryl methyl sites for hydroxylation is 1. The van der Waals surface area contributed by atoms with Crippen molar-refractivity contribution in [2.45, 2.75) is 6.92 Å². The summed E-state index contributed by atoms with van der Waals surface area (Å²) in [7, 11) is 1.63. The van der Waals surface area contributed by atoms with Crippen LogP contribution in [0.5, 0.6) is 5.75 Å². The van der Waals surface area contributed by atoms with Gasteiger partial charge in [-0.3, -0.25) is 4.57 Å². The lowest BCUT2D eigenvalue weighted by molar-refractivity contribution is 0.146. The molecule has 9 heteroatoms. The average Bonchev–Trinajstić information content (AvgIpc) is 3.40. The van der Waals surface area contributed by atoms with Gasteiger partial charge >= 0.3 is 5.69 Å². The van der Waals surface area contributed by atoms with Gasteiger partial charge in [-0.05, 0) is 30.7 Å². The molecule has 0 fully saturated rings. The van der Waals surface area contributed by atoms with E-state index in [1.165, 1.54) is 4.57 Å². The highest BCUT2D eigenvalue weighted by atomic mass is 16.5. The molecule has 2 N–H and O–H groups in total. The Kier molecular flexibility index (Phi) is 5.62. The van der Waals surface area contributed by atoms with E-state index in [1.807, 2.05) is 25.1 Å². The molecule has 0 unspecified atom stereocenters. The lowest BCUT2D eigenvalue weighted by Crippen LogP contribution is -2.15. The van der Waals surface area contributed by atoms with Crippen LogP contribution < -0.4 is 15.7 Å². The number of rotatable bonds is 8. The molecule has 0 spiro atoms. The number of pyridine rings is 1. The summed E-state index contributed by atoms with van der Waals surface area (Å²) in [4.78, 5) is 23.0. The van der Waals surface area contributed by atoms with E-state index in [-0.39, 0.29) is 5.69 Å². The van der Waals surface area contributed by atoms with Crippen molar-refractivity contribution < 1.29 is 13.9 Å². The number of anilines is 2. The molecular formula is C21H21N5O4. The maximum atomic E-state index is 11.8. The smallest absolute Gasteiger partial charge is 0.331 e. The van der Waals surface area contributed by atoms with Gasteiger partial charge in [0.25, 0.3) is 6.01 Å². The summed E-state index contributed by atoms with van der Waals surface area (Å²) in [5.74, 6) is 1.76. The number of aromatic nitrogens is 4. The van der Waals surface area contributed by atoms with Crippen molar-refractivity contribution in [1.29, 1.82) is 0 Å². The molecule has 4 rings (SSSR count). The van der Waals surface area contributed by atoms with Gasteiger partial charge < -0.3 is 24.2 Å². The zero-order valence-electron chi connectivity index (χ0n) is 16.6. The molecule has 0 atom stereocenters. The number of nitrogens with one attached hydrogen (secondary N) is 2. The summed E-state index contributed by atoms with van der Waals surface area (Å²) in [6, 6.07) is 9.64. The highest BCUT2D eigenvalue weighted by Gasteiger charge is 2.11. The van der Waals surface area contributed by atoms with Gasteiger partial charge in [-0.1, -0.05) is 6.07 Å². The van der Waals surface area contributed by atoms with Gasteiger partial charge in [0.15, 0.2) is 5.76 Å². The Labute approximate surface area is 172 Å². The number of H-pyrrole nitrogens is 1. The Balaban J connectivity index is 1.53. The molecule has 4 aromatic rings. The summed E-state index contributed by atoms with van der Waals surface area (Å²) >= 11 is 0. The number of hydrogen-bond acceptors (Lipinski definition) is 7. The van der Waals surface area contributed by atoms with Crippen LogP contribution >= 0.6 is 0 Å². The summed E-state index contributed by atoms with van der Waals surface area (Å²) in [6.07, 6.45) is 6.41. The summed E-state index contributed by atoms with van der Waals surface area (Å²) in [5, 5.41) is 3.18. The van der Waals surface area contributed by atoms with Gasteiger partial charge in [0.05, 0.1) is 12.8 Å². The van der Waals surface area contributed by atoms with Gasteiger partial charge in [0, 0.05) is 43.0 Å². The summed E-state index contributed by atoms with van der Waals surface area (Å²) in [5.41, 5.74) is 2.34. The van der Waals surface area contributed by atoms with E-state index in [2.05, 4.69) is 20.3 Å². The Morgan fingerprint density at radius 1 is 1.20 bits per heavy atom. The largest absolute Gasteiger partial charge is 0.491 e. The minimum absolute atomic E-state index is 0.261. The third kappa shape index (κ3) is 4.26. The van der Waals surface area contributed by atoms with Crippen LogP contribution in [0.3, 0.4) is 0 Å². The fourth-order valence-corrected chi connectivity index (χ4v) is 2.85. The molecule has 0 radical (unpaired) electrons. The molecule has 0 amide bonds. The van der Waals surface area contributed by atoms with Crippen LogP contribution in [0.1, 0.15) is 5.56 Å². The van der Waals surface area contributed by atoms with Crippen molar-refractivity contribution in [3.8, 4) is 22.9 Å². The minimum atomic E-state index is -0.261. The van der Waals surface area contributed by atoms with Crippen LogP contribution in [0.25, 0.3) is 17.1 Å². The lowest BCUT2D eigenvalue weighted by atomic mass is 10.2. The Bertz CT molecular complexity index is 1190. The SMILES string of the molecule is COCCOc1ccc(C)c(Nc2ncc(-c3ccnc(-n4cc[nH]c4=O)c3)o2)c1. The van der Waals surface area contributed by atoms with Crippen molar-refractivity contribution in [1.82, 2.24) is 19.5 Å². The van der Waals surface area contributed by atoms with Crippen LogP contribution in [0.15, 0.2) is 64.3 Å². The predicted molar refractivity (Wildman–Crippen MR) is 112 cm³/mol. The van der Waals surface area contributed by atoms with E-state index in [0.717, 1.165) is 22.6 Å². The summed E-state index contributed by atoms with van der Waals surface area (Å²) in [6.45, 7) is 2.97. The van der Waals surface area contributed by atoms with E-state index in [1.54, 1.807) is 44.0 Å². The highest BCUT2D eigenvalue weighted by Crippen LogP contribution is 2.28. The van der Waals surface area contributed by atoms with E-state index < -0.39 is 0 Å². The zero-order chi connectivity index (χ0) is 20.9. The number of oxazole rings is 1. The van der Waals surface area contributed by atoms with Crippen molar-refractivity contribution in [3.05, 3.63) is 71.2 Å². The standard InChI is InChI=1S/C21H21N5O4/c1-14-3-4-16(29-10-9-28-2)12-17(14)25-20-24-13-18(30-20)15-5-6-22-19(11-15)26-8-7-23-21(26)27/h3-8,11-13H,9-10H2,1-2H3,(H,23,27)(H,24,25). The molecule has 3 heterocycles. The summed E-state index contributed by atoms with van der Waals surface area (Å²) < 4.78 is 17.9. The maximum absolute atomic E-state index is 11.8. The minimum Gasteiger partial charge on any atom is -0.491 e. The quantitative estimate of drug-likeness (QED) is 0.432. The van der Waals surface area contributed by atoms with Crippen LogP contribution in [0, 0.1) is 6.92 Å². The van der Waals surface area contributed by atoms with E-state index >= 15 is 0 Å². The lowest BCUT2D eigenvalue weighted by Gasteiger charge is -2.10. The number of nitrogens with zero attached hydrogens (tertiary/aromatic N) is 3. The molecule has 0 aliphatic heterocycles. The number of hydrogen-bond donors (Lipinski definition) is 2. The van der Waals surface area contributed by atoms with Gasteiger partial charge in [-0.15, -0.1) is 0 Å². The topological polar surface area (TPSA) is 107 Å². The second kappa shape index (κ2) is 8.66. The number of methoxy groups -OCH3 is 1. The first-order chi connectivity index (χ1) is 14.6. The molecule has 0 saturated carbocycles. The van der Waals surface area contributed by atoms with Crippen molar-refractivity contribution in [2.24, 2.45) is 0 Å². The van der Waals surface area contributed by atoms with Crippen molar-refractivity contribution in [2.75, 3.05) is 25.6 Å². The van der Waals surface area contributed by atoms with Crippen LogP contribution in [-0.2, 0) is 4.74 Å². The average molecular weight is 407 g/mol. The molecule has 9 nitrogen and oxygen atoms in total. The fourth-order valence-electron chi connectivity index (χ4n) is 2.85. The fraction of sp³-hybridized carbons (Fsp3) is 0.190. The number of ether oxygens (including phenoxy) is 2. The van der Waals surface area contributed by atoms with Gasteiger partial charge in [-0.2, -0.15) is 0 Å². The Hall–Kier alpha value is -3.85. The first kappa shape index (κ1) is 19.5. The first-order valence-corrected chi connectivity index (χ1v) is 9.32. The molecule has 0 aliphatic rings. The van der Waals surface area contributed by atoms with Crippen molar-refractivity contribution in [3.63, 3.8) is 0 Å². The predicted octanol–water partition coefficient (Wildman–Crippen LogP) is 3.29. The maximum Gasteiger partial charge on any atom is 0.331 e. The number of imidazole rings is 1. The zero-order valence-corrected chi connectivity index (χ0v) is 16.6. The van der Waals surface area contributed by atoms with E-state index in [4.69, 9.17) is 13.9 Å². The Morgan fingerprint density at radius 2 is 2.10 bits per heavy atom. The van der Waals surface area contributed by atoms with Gasteiger partial charge in [0.1, 0.15) is 18.2 Å². The highest BCUT2D eigenvalue weighted by molar-refractivity contribution is 5.63. The third-order valence-corrected chi connectivity index (χ3v) is 4.44. The molecule has 1 aromatic carbocycles.